The third-order valence-electron chi connectivity index (χ3n) is 6.50. The summed E-state index contributed by atoms with van der Waals surface area (Å²) in [4.78, 5) is 18.1. The smallest absolute Gasteiger partial charge is 0.351 e. The lowest BCUT2D eigenvalue weighted by atomic mass is 10.1. The maximum Gasteiger partial charge on any atom is 0.437 e. The summed E-state index contributed by atoms with van der Waals surface area (Å²) in [5.41, 5.74) is 1.59. The Hall–Kier alpha value is -3.87. The number of piperazine rings is 1. The number of benzene rings is 2. The lowest BCUT2D eigenvalue weighted by molar-refractivity contribution is -0.140. The summed E-state index contributed by atoms with van der Waals surface area (Å²) in [5.74, 6) is 0.362. The van der Waals surface area contributed by atoms with Crippen LogP contribution in [0.1, 0.15) is 18.2 Å². The van der Waals surface area contributed by atoms with Gasteiger partial charge in [0, 0.05) is 25.3 Å². The molecule has 7 nitrogen and oxygen atoms in total. The molecule has 2 aliphatic rings. The maximum atomic E-state index is 14.0. The van der Waals surface area contributed by atoms with Crippen LogP contribution in [-0.2, 0) is 6.18 Å². The van der Waals surface area contributed by atoms with Crippen LogP contribution in [-0.4, -0.2) is 52.5 Å². The fourth-order valence-electron chi connectivity index (χ4n) is 4.88. The topological polar surface area (TPSA) is 71.7 Å². The molecule has 174 valence electrons. The SMILES string of the molecule is Cc1ccccc1N1/C(=N/C#N)N2CCN(c3nc4ccccc4nc3C(F)(F)F)CC2C1C. The molecule has 3 aromatic rings. The first-order valence-electron chi connectivity index (χ1n) is 11.0. The van der Waals surface area contributed by atoms with Gasteiger partial charge in [-0.1, -0.05) is 30.3 Å². The van der Waals surface area contributed by atoms with Gasteiger partial charge in [-0.25, -0.2) is 9.97 Å². The molecule has 2 saturated heterocycles. The molecule has 2 aliphatic heterocycles. The van der Waals surface area contributed by atoms with Crippen molar-refractivity contribution in [3.05, 3.63) is 59.8 Å². The van der Waals surface area contributed by atoms with E-state index in [-0.39, 0.29) is 23.4 Å². The number of guanidine groups is 1. The molecule has 2 fully saturated rings. The number of halogens is 3. The van der Waals surface area contributed by atoms with E-state index in [4.69, 9.17) is 0 Å². The number of nitriles is 1. The number of aliphatic imine (C=N–C) groups is 1. The third kappa shape index (κ3) is 3.57. The average molecular weight is 465 g/mol. The van der Waals surface area contributed by atoms with E-state index in [2.05, 4.69) is 15.0 Å². The third-order valence-corrected chi connectivity index (χ3v) is 6.50. The van der Waals surface area contributed by atoms with Crippen LogP contribution in [0.3, 0.4) is 0 Å². The van der Waals surface area contributed by atoms with E-state index in [1.807, 2.05) is 54.1 Å². The largest absolute Gasteiger partial charge is 0.437 e. The second kappa shape index (κ2) is 8.17. The minimum Gasteiger partial charge on any atom is -0.351 e. The van der Waals surface area contributed by atoms with E-state index in [0.717, 1.165) is 11.3 Å². The highest BCUT2D eigenvalue weighted by Gasteiger charge is 2.47. The Morgan fingerprint density at radius 2 is 1.71 bits per heavy atom. The predicted molar refractivity (Wildman–Crippen MR) is 123 cm³/mol. The van der Waals surface area contributed by atoms with Gasteiger partial charge in [-0.2, -0.15) is 18.4 Å². The van der Waals surface area contributed by atoms with E-state index in [0.29, 0.717) is 31.1 Å². The van der Waals surface area contributed by atoms with Gasteiger partial charge >= 0.3 is 6.18 Å². The van der Waals surface area contributed by atoms with Gasteiger partial charge in [-0.15, -0.1) is 4.99 Å². The number of hydrogen-bond donors (Lipinski definition) is 0. The van der Waals surface area contributed by atoms with E-state index >= 15 is 0 Å². The summed E-state index contributed by atoms with van der Waals surface area (Å²) in [6.07, 6.45) is -2.74. The zero-order valence-electron chi connectivity index (χ0n) is 18.7. The molecule has 0 amide bonds. The summed E-state index contributed by atoms with van der Waals surface area (Å²) in [5, 5.41) is 9.35. The molecular formula is C24H22F3N7. The molecule has 0 bridgehead atoms. The maximum absolute atomic E-state index is 14.0. The molecule has 2 aromatic carbocycles. The molecule has 0 N–H and O–H groups in total. The fourth-order valence-corrected chi connectivity index (χ4v) is 4.88. The van der Waals surface area contributed by atoms with E-state index < -0.39 is 11.9 Å². The summed E-state index contributed by atoms with van der Waals surface area (Å²) in [6, 6.07) is 14.1. The van der Waals surface area contributed by atoms with Crippen molar-refractivity contribution >= 4 is 28.5 Å². The lowest BCUT2D eigenvalue weighted by Gasteiger charge is -2.39. The van der Waals surface area contributed by atoms with Gasteiger partial charge in [-0.3, -0.25) is 0 Å². The first-order valence-corrected chi connectivity index (χ1v) is 11.0. The van der Waals surface area contributed by atoms with E-state index in [9.17, 15) is 18.4 Å². The zero-order valence-corrected chi connectivity index (χ0v) is 18.7. The highest BCUT2D eigenvalue weighted by Crippen LogP contribution is 2.38. The molecule has 0 saturated carbocycles. The highest BCUT2D eigenvalue weighted by atomic mass is 19.4. The molecule has 10 heteroatoms. The van der Waals surface area contributed by atoms with Crippen molar-refractivity contribution in [2.45, 2.75) is 32.1 Å². The van der Waals surface area contributed by atoms with Crippen LogP contribution in [0.25, 0.3) is 11.0 Å². The number of para-hydroxylation sites is 3. The van der Waals surface area contributed by atoms with Crippen LogP contribution >= 0.6 is 0 Å². The molecule has 3 heterocycles. The van der Waals surface area contributed by atoms with Crippen molar-refractivity contribution < 1.29 is 13.2 Å². The van der Waals surface area contributed by atoms with Crippen LogP contribution in [0.5, 0.6) is 0 Å². The Morgan fingerprint density at radius 1 is 1.03 bits per heavy atom. The second-order valence-electron chi connectivity index (χ2n) is 8.50. The number of hydrogen-bond acceptors (Lipinski definition) is 5. The first-order chi connectivity index (χ1) is 16.3. The van der Waals surface area contributed by atoms with Crippen LogP contribution < -0.4 is 9.80 Å². The Bertz CT molecular complexity index is 1310. The van der Waals surface area contributed by atoms with Crippen LogP contribution in [0.15, 0.2) is 53.5 Å². The van der Waals surface area contributed by atoms with Crippen LogP contribution in [0, 0.1) is 18.4 Å². The average Bonchev–Trinajstić information content (AvgIpc) is 3.09. The fraction of sp³-hybridized carbons (Fsp3) is 0.333. The number of rotatable bonds is 2. The van der Waals surface area contributed by atoms with Crippen molar-refractivity contribution in [1.82, 2.24) is 14.9 Å². The monoisotopic (exact) mass is 465 g/mol. The Labute approximate surface area is 194 Å². The number of aromatic nitrogens is 2. The van der Waals surface area contributed by atoms with Gasteiger partial charge < -0.3 is 14.7 Å². The number of nitrogens with zero attached hydrogens (tertiary/aromatic N) is 7. The summed E-state index contributed by atoms with van der Waals surface area (Å²) >= 11 is 0. The molecular weight excluding hydrogens is 443 g/mol. The van der Waals surface area contributed by atoms with Gasteiger partial charge in [0.2, 0.25) is 12.2 Å². The quantitative estimate of drug-likeness (QED) is 0.529. The summed E-state index contributed by atoms with van der Waals surface area (Å²) < 4.78 is 41.9. The molecule has 0 spiro atoms. The predicted octanol–water partition coefficient (Wildman–Crippen LogP) is 4.19. The standard InChI is InChI=1S/C24H22F3N7/c1-15-7-3-6-10-19(15)34-16(2)20-13-32(11-12-33(20)23(34)29-14-28)22-21(24(25,26)27)30-17-8-4-5-9-18(17)31-22/h3-10,16,20H,11-13H2,1-2H3/b29-23+. The molecule has 2 unspecified atom stereocenters. The van der Waals surface area contributed by atoms with Crippen molar-refractivity contribution in [3.8, 4) is 6.19 Å². The van der Waals surface area contributed by atoms with Crippen LogP contribution in [0.4, 0.5) is 24.7 Å². The number of anilines is 2. The molecule has 5 rings (SSSR count). The summed E-state index contributed by atoms with van der Waals surface area (Å²) in [6.45, 7) is 4.99. The van der Waals surface area contributed by atoms with Gasteiger partial charge in [0.1, 0.15) is 0 Å². The van der Waals surface area contributed by atoms with Crippen molar-refractivity contribution in [2.75, 3.05) is 29.4 Å². The minimum atomic E-state index is -4.63. The zero-order chi connectivity index (χ0) is 24.0. The molecule has 1 aromatic heterocycles. The van der Waals surface area contributed by atoms with E-state index in [1.54, 1.807) is 23.1 Å². The molecule has 0 radical (unpaired) electrons. The number of fused-ring (bicyclic) bond motifs is 2. The van der Waals surface area contributed by atoms with Gasteiger partial charge in [0.25, 0.3) is 0 Å². The van der Waals surface area contributed by atoms with E-state index in [1.165, 1.54) is 6.07 Å². The summed E-state index contributed by atoms with van der Waals surface area (Å²) in [7, 11) is 0. The molecule has 2 atom stereocenters. The van der Waals surface area contributed by atoms with Crippen molar-refractivity contribution in [2.24, 2.45) is 4.99 Å². The van der Waals surface area contributed by atoms with Gasteiger partial charge in [0.15, 0.2) is 11.5 Å². The van der Waals surface area contributed by atoms with Gasteiger partial charge in [0.05, 0.1) is 23.1 Å². The van der Waals surface area contributed by atoms with Crippen molar-refractivity contribution in [3.63, 3.8) is 0 Å². The number of aryl methyl sites for hydroxylation is 1. The molecule has 0 aliphatic carbocycles. The number of alkyl halides is 3. The Balaban J connectivity index is 1.55. The van der Waals surface area contributed by atoms with Crippen molar-refractivity contribution in [1.29, 1.82) is 5.26 Å². The van der Waals surface area contributed by atoms with Gasteiger partial charge in [-0.05, 0) is 37.6 Å². The van der Waals surface area contributed by atoms with Crippen LogP contribution in [0.2, 0.25) is 0 Å². The second-order valence-corrected chi connectivity index (χ2v) is 8.50. The molecule has 34 heavy (non-hydrogen) atoms. The normalized spacial score (nSPS) is 21.8. The Kier molecular flexibility index (Phi) is 5.27. The lowest BCUT2D eigenvalue weighted by Crippen LogP contribution is -2.54. The minimum absolute atomic E-state index is 0.126. The highest BCUT2D eigenvalue weighted by molar-refractivity contribution is 6.00. The first kappa shape index (κ1) is 21.9. The Morgan fingerprint density at radius 3 is 2.38 bits per heavy atom.